The minimum Gasteiger partial charge on any atom is -0.456 e. The lowest BCUT2D eigenvalue weighted by Gasteiger charge is -2.30. The van der Waals surface area contributed by atoms with Crippen molar-refractivity contribution in [2.24, 2.45) is 0 Å². The van der Waals surface area contributed by atoms with Crippen LogP contribution in [0.4, 0.5) is 17.1 Å². The summed E-state index contributed by atoms with van der Waals surface area (Å²) in [4.78, 5) is 2.39. The van der Waals surface area contributed by atoms with Crippen LogP contribution >= 0.6 is 0 Å². The standard InChI is InChI=1S/C49H33NO2/c1-49(2)41-18-10-8-16-35(41)36-22-20-33(28-42(36)49)50(34-21-23-38-37-17-9-11-19-44(37)51-46(38)29-34)43-25-24-39-40-26-31-14-6-7-15-32(31)27-45(40)52-48(39)47(43)30-12-4-3-5-13-30/h3-29H,1-2H3. The molecule has 3 heteroatoms. The van der Waals surface area contributed by atoms with Crippen molar-refractivity contribution in [2.75, 3.05) is 4.90 Å². The average molecular weight is 668 g/mol. The first-order valence-electron chi connectivity index (χ1n) is 17.9. The first-order chi connectivity index (χ1) is 25.5. The predicted octanol–water partition coefficient (Wildman–Crippen LogP) is 14.1. The third-order valence-electron chi connectivity index (χ3n) is 11.2. The second-order valence-corrected chi connectivity index (χ2v) is 14.5. The lowest BCUT2D eigenvalue weighted by Crippen LogP contribution is -2.17. The molecule has 246 valence electrons. The van der Waals surface area contributed by atoms with Gasteiger partial charge in [-0.25, -0.2) is 0 Å². The van der Waals surface area contributed by atoms with Crippen LogP contribution in [-0.2, 0) is 5.41 Å². The Kier molecular flexibility index (Phi) is 6.01. The Morgan fingerprint density at radius 3 is 1.98 bits per heavy atom. The van der Waals surface area contributed by atoms with E-state index >= 15 is 0 Å². The summed E-state index contributed by atoms with van der Waals surface area (Å²) in [5.41, 5.74) is 13.9. The van der Waals surface area contributed by atoms with Crippen LogP contribution in [0, 0.1) is 0 Å². The minimum atomic E-state index is -0.150. The summed E-state index contributed by atoms with van der Waals surface area (Å²) in [7, 11) is 0. The molecule has 0 saturated heterocycles. The van der Waals surface area contributed by atoms with Gasteiger partial charge in [-0.15, -0.1) is 0 Å². The zero-order chi connectivity index (χ0) is 34.6. The molecule has 0 N–H and O–H groups in total. The van der Waals surface area contributed by atoms with Gasteiger partial charge in [0.1, 0.15) is 22.3 Å². The summed E-state index contributed by atoms with van der Waals surface area (Å²) < 4.78 is 13.4. The number of furan rings is 2. The quantitative estimate of drug-likeness (QED) is 0.187. The van der Waals surface area contributed by atoms with Crippen LogP contribution in [0.1, 0.15) is 25.0 Å². The van der Waals surface area contributed by atoms with Gasteiger partial charge in [0.15, 0.2) is 0 Å². The molecule has 0 unspecified atom stereocenters. The molecule has 10 aromatic rings. The van der Waals surface area contributed by atoms with Gasteiger partial charge >= 0.3 is 0 Å². The third kappa shape index (κ3) is 4.14. The van der Waals surface area contributed by atoms with Crippen LogP contribution in [-0.4, -0.2) is 0 Å². The van der Waals surface area contributed by atoms with E-state index in [-0.39, 0.29) is 5.41 Å². The fourth-order valence-electron chi connectivity index (χ4n) is 8.70. The minimum absolute atomic E-state index is 0.150. The third-order valence-corrected chi connectivity index (χ3v) is 11.2. The van der Waals surface area contributed by atoms with Gasteiger partial charge in [0.25, 0.3) is 0 Å². The maximum atomic E-state index is 6.92. The Bertz CT molecular complexity index is 3050. The summed E-state index contributed by atoms with van der Waals surface area (Å²) >= 11 is 0. The highest BCUT2D eigenvalue weighted by Gasteiger charge is 2.36. The molecular weight excluding hydrogens is 635 g/mol. The normalized spacial score (nSPS) is 13.3. The van der Waals surface area contributed by atoms with Gasteiger partial charge in [-0.05, 0) is 93.2 Å². The van der Waals surface area contributed by atoms with E-state index in [1.807, 2.05) is 12.1 Å². The Balaban J connectivity index is 1.21. The highest BCUT2D eigenvalue weighted by molar-refractivity contribution is 6.16. The van der Waals surface area contributed by atoms with Gasteiger partial charge in [0.05, 0.1) is 5.69 Å². The van der Waals surface area contributed by atoms with Crippen molar-refractivity contribution < 1.29 is 8.83 Å². The number of benzene rings is 8. The first-order valence-corrected chi connectivity index (χ1v) is 17.9. The van der Waals surface area contributed by atoms with E-state index in [1.165, 1.54) is 27.6 Å². The summed E-state index contributed by atoms with van der Waals surface area (Å²) in [5, 5.41) is 6.80. The van der Waals surface area contributed by atoms with Crippen LogP contribution in [0.3, 0.4) is 0 Å². The topological polar surface area (TPSA) is 29.5 Å². The van der Waals surface area contributed by atoms with Crippen LogP contribution in [0.15, 0.2) is 173 Å². The molecular formula is C49H33NO2. The molecule has 0 atom stereocenters. The highest BCUT2D eigenvalue weighted by atomic mass is 16.3. The number of hydrogen-bond acceptors (Lipinski definition) is 3. The molecule has 8 aromatic carbocycles. The van der Waals surface area contributed by atoms with Gasteiger partial charge in [0, 0.05) is 50.0 Å². The van der Waals surface area contributed by atoms with E-state index < -0.39 is 0 Å². The molecule has 1 aliphatic carbocycles. The average Bonchev–Trinajstić information content (AvgIpc) is 3.81. The second kappa shape index (κ2) is 10.7. The number of hydrogen-bond donors (Lipinski definition) is 0. The van der Waals surface area contributed by atoms with Crippen molar-refractivity contribution in [3.8, 4) is 22.3 Å². The number of fused-ring (bicyclic) bond motifs is 10. The van der Waals surface area contributed by atoms with Crippen molar-refractivity contribution in [1.29, 1.82) is 0 Å². The van der Waals surface area contributed by atoms with Gasteiger partial charge < -0.3 is 13.7 Å². The summed E-state index contributed by atoms with van der Waals surface area (Å²) in [5.74, 6) is 0. The molecule has 3 nitrogen and oxygen atoms in total. The lowest BCUT2D eigenvalue weighted by molar-refractivity contribution is 0.660. The van der Waals surface area contributed by atoms with Crippen molar-refractivity contribution in [3.05, 3.63) is 175 Å². The second-order valence-electron chi connectivity index (χ2n) is 14.5. The zero-order valence-electron chi connectivity index (χ0n) is 28.9. The molecule has 11 rings (SSSR count). The number of nitrogens with zero attached hydrogens (tertiary/aromatic N) is 1. The molecule has 0 aliphatic heterocycles. The van der Waals surface area contributed by atoms with Gasteiger partial charge in [0.2, 0.25) is 0 Å². The van der Waals surface area contributed by atoms with Crippen LogP contribution in [0.5, 0.6) is 0 Å². The molecule has 0 amide bonds. The fourth-order valence-corrected chi connectivity index (χ4v) is 8.70. The molecule has 2 aromatic heterocycles. The number of rotatable bonds is 4. The Morgan fingerprint density at radius 2 is 1.10 bits per heavy atom. The van der Waals surface area contributed by atoms with Crippen molar-refractivity contribution >= 4 is 71.7 Å². The van der Waals surface area contributed by atoms with Crippen molar-refractivity contribution in [2.45, 2.75) is 19.3 Å². The summed E-state index contributed by atoms with van der Waals surface area (Å²) in [6.45, 7) is 4.68. The Morgan fingerprint density at radius 1 is 0.442 bits per heavy atom. The van der Waals surface area contributed by atoms with Crippen LogP contribution < -0.4 is 4.90 Å². The van der Waals surface area contributed by atoms with Gasteiger partial charge in [-0.3, -0.25) is 0 Å². The Hall–Kier alpha value is -6.58. The van der Waals surface area contributed by atoms with Gasteiger partial charge in [-0.1, -0.05) is 117 Å². The molecule has 1 aliphatic rings. The lowest BCUT2D eigenvalue weighted by atomic mass is 9.82. The zero-order valence-corrected chi connectivity index (χ0v) is 28.9. The van der Waals surface area contributed by atoms with E-state index in [4.69, 9.17) is 8.83 Å². The van der Waals surface area contributed by atoms with E-state index in [9.17, 15) is 0 Å². The first kappa shape index (κ1) is 29.2. The fraction of sp³-hybridized carbons (Fsp3) is 0.0612. The van der Waals surface area contributed by atoms with Crippen LogP contribution in [0.2, 0.25) is 0 Å². The number of para-hydroxylation sites is 1. The van der Waals surface area contributed by atoms with E-state index in [0.29, 0.717) is 0 Å². The summed E-state index contributed by atoms with van der Waals surface area (Å²) in [6, 6.07) is 58.7. The van der Waals surface area contributed by atoms with E-state index in [1.54, 1.807) is 0 Å². The predicted molar refractivity (Wildman–Crippen MR) is 216 cm³/mol. The van der Waals surface area contributed by atoms with E-state index in [2.05, 4.69) is 170 Å². The van der Waals surface area contributed by atoms with Crippen molar-refractivity contribution in [3.63, 3.8) is 0 Å². The molecule has 0 spiro atoms. The maximum Gasteiger partial charge on any atom is 0.145 e. The monoisotopic (exact) mass is 667 g/mol. The van der Waals surface area contributed by atoms with Crippen molar-refractivity contribution in [1.82, 2.24) is 0 Å². The molecule has 0 fully saturated rings. The highest BCUT2D eigenvalue weighted by Crippen LogP contribution is 2.52. The van der Waals surface area contributed by atoms with E-state index in [0.717, 1.165) is 77.5 Å². The SMILES string of the molecule is CC1(C)c2ccccc2-c2ccc(N(c3ccc4c(c3)oc3ccccc34)c3ccc4c(oc5cc6ccccc6cc54)c3-c3ccccc3)cc21. The molecule has 0 saturated carbocycles. The largest absolute Gasteiger partial charge is 0.456 e. The maximum absolute atomic E-state index is 6.92. The number of anilines is 3. The Labute approximate surface area is 301 Å². The smallest absolute Gasteiger partial charge is 0.145 e. The molecule has 52 heavy (non-hydrogen) atoms. The molecule has 0 radical (unpaired) electrons. The van der Waals surface area contributed by atoms with Gasteiger partial charge in [-0.2, -0.15) is 0 Å². The van der Waals surface area contributed by atoms with Crippen LogP contribution in [0.25, 0.3) is 76.9 Å². The summed E-state index contributed by atoms with van der Waals surface area (Å²) in [6.07, 6.45) is 0. The molecule has 0 bridgehead atoms. The molecule has 2 heterocycles.